The number of aromatic amines is 1. The predicted octanol–water partition coefficient (Wildman–Crippen LogP) is 5.61. The van der Waals surface area contributed by atoms with E-state index in [0.29, 0.717) is 28.5 Å². The van der Waals surface area contributed by atoms with Crippen LogP contribution in [0.25, 0.3) is 11.6 Å². The van der Waals surface area contributed by atoms with E-state index < -0.39 is 8.32 Å². The molecule has 1 fully saturated rings. The van der Waals surface area contributed by atoms with Gasteiger partial charge in [0, 0.05) is 29.5 Å². The Morgan fingerprint density at radius 1 is 1.17 bits per heavy atom. The second kappa shape index (κ2) is 12.8. The van der Waals surface area contributed by atoms with Gasteiger partial charge in [0.25, 0.3) is 11.8 Å². The van der Waals surface area contributed by atoms with Crippen LogP contribution in [0.15, 0.2) is 12.4 Å². The number of carbonyl (C=O) groups excluding carboxylic acids is 2. The third-order valence-electron chi connectivity index (χ3n) is 9.32. The van der Waals surface area contributed by atoms with Crippen LogP contribution in [0.3, 0.4) is 0 Å². The summed E-state index contributed by atoms with van der Waals surface area (Å²) >= 11 is 6.51. The second-order valence-corrected chi connectivity index (χ2v) is 18.7. The van der Waals surface area contributed by atoms with Gasteiger partial charge in [0.1, 0.15) is 22.4 Å². The first-order valence-corrected chi connectivity index (χ1v) is 18.8. The molecule has 0 bridgehead atoms. The number of nitrogens with zero attached hydrogens (tertiary/aromatic N) is 5. The van der Waals surface area contributed by atoms with Gasteiger partial charge in [-0.05, 0) is 63.7 Å². The zero-order valence-electron chi connectivity index (χ0n) is 27.7. The molecule has 0 atom stereocenters. The molecule has 46 heavy (non-hydrogen) atoms. The fourth-order valence-electron chi connectivity index (χ4n) is 5.72. The van der Waals surface area contributed by atoms with Crippen LogP contribution in [-0.2, 0) is 15.8 Å². The summed E-state index contributed by atoms with van der Waals surface area (Å²) in [6.07, 6.45) is 8.44. The molecule has 5 rings (SSSR count). The molecule has 1 aliphatic carbocycles. The number of ether oxygens (including phenoxy) is 1. The van der Waals surface area contributed by atoms with Crippen LogP contribution in [0, 0.1) is 13.8 Å². The number of nitrogens with one attached hydrogen (secondary N) is 2. The Morgan fingerprint density at radius 2 is 1.87 bits per heavy atom. The summed E-state index contributed by atoms with van der Waals surface area (Å²) < 4.78 is 12.1. The number of rotatable bonds is 8. The standard InChI is InChI=1S/C32H43ClN8O4Si/c1-17-14-35-23(18(2)26(17)44-6)16-41-28-25(27(33)39-31(34)40-28)21(30(41)43)13-24-36-15-22(38-24)29(42)37-19-9-11-20(12-10-19)45-46(7,8)32(3,4)5/h13-15,19-20H,9-12,16H2,1-8H3,(H,36,38)(H,37,42)(H2,34,39,40)/b21-13+. The summed E-state index contributed by atoms with van der Waals surface area (Å²) in [4.78, 5) is 48.8. The predicted molar refractivity (Wildman–Crippen MR) is 181 cm³/mol. The van der Waals surface area contributed by atoms with E-state index in [4.69, 9.17) is 26.5 Å². The Morgan fingerprint density at radius 3 is 2.52 bits per heavy atom. The van der Waals surface area contributed by atoms with Gasteiger partial charge in [-0.25, -0.2) is 9.97 Å². The molecule has 4 heterocycles. The summed E-state index contributed by atoms with van der Waals surface area (Å²) in [7, 11) is -0.246. The Bertz CT molecular complexity index is 1690. The van der Waals surface area contributed by atoms with Gasteiger partial charge in [-0.3, -0.25) is 19.5 Å². The van der Waals surface area contributed by atoms with Crippen LogP contribution in [0.2, 0.25) is 23.3 Å². The number of carbonyl (C=O) groups is 2. The van der Waals surface area contributed by atoms with Crippen molar-refractivity contribution in [3.8, 4) is 5.75 Å². The number of hydrogen-bond acceptors (Lipinski definition) is 9. The van der Waals surface area contributed by atoms with Gasteiger partial charge in [0.2, 0.25) is 5.95 Å². The van der Waals surface area contributed by atoms with Gasteiger partial charge in [0.05, 0.1) is 36.7 Å². The number of aromatic nitrogens is 5. The number of anilines is 2. The van der Waals surface area contributed by atoms with E-state index in [1.165, 1.54) is 11.1 Å². The van der Waals surface area contributed by atoms with Crippen molar-refractivity contribution in [1.82, 2.24) is 30.2 Å². The average molecular weight is 667 g/mol. The minimum atomic E-state index is -1.84. The summed E-state index contributed by atoms with van der Waals surface area (Å²) in [6.45, 7) is 15.2. The molecule has 1 saturated carbocycles. The summed E-state index contributed by atoms with van der Waals surface area (Å²) in [5.74, 6) is 0.582. The van der Waals surface area contributed by atoms with Crippen molar-refractivity contribution in [1.29, 1.82) is 0 Å². The quantitative estimate of drug-likeness (QED) is 0.158. The number of halogens is 1. The fourth-order valence-corrected chi connectivity index (χ4v) is 7.41. The van der Waals surface area contributed by atoms with Crippen LogP contribution in [0.4, 0.5) is 11.8 Å². The minimum absolute atomic E-state index is 0.0356. The molecular weight excluding hydrogens is 624 g/mol. The summed E-state index contributed by atoms with van der Waals surface area (Å²) in [5.41, 5.74) is 9.09. The summed E-state index contributed by atoms with van der Waals surface area (Å²) in [5, 5.41) is 3.32. The molecule has 0 unspecified atom stereocenters. The Hall–Kier alpha value is -3.81. The van der Waals surface area contributed by atoms with Crippen molar-refractivity contribution in [2.45, 2.75) is 97.1 Å². The Kier molecular flexibility index (Phi) is 9.31. The molecule has 2 aliphatic rings. The smallest absolute Gasteiger partial charge is 0.269 e. The molecule has 3 aromatic heterocycles. The number of aryl methyl sites for hydroxylation is 1. The lowest BCUT2D eigenvalue weighted by Crippen LogP contribution is -2.46. The van der Waals surface area contributed by atoms with E-state index in [2.05, 4.69) is 64.1 Å². The van der Waals surface area contributed by atoms with E-state index in [1.807, 2.05) is 13.8 Å². The average Bonchev–Trinajstić information content (AvgIpc) is 3.54. The molecule has 0 saturated heterocycles. The molecular formula is C32H43ClN8O4Si. The van der Waals surface area contributed by atoms with Crippen LogP contribution in [-0.4, -0.2) is 64.3 Å². The van der Waals surface area contributed by atoms with E-state index in [9.17, 15) is 9.59 Å². The number of pyridine rings is 1. The SMILES string of the molecule is COc1c(C)cnc(CN2C(=O)/C(=C/c3ncc(C(=O)NC4CCC(O[Si](C)(C)C(C)(C)C)CC4)[nH]3)c3c(Cl)nc(N)nc32)c1C. The maximum absolute atomic E-state index is 13.8. The maximum Gasteiger partial charge on any atom is 0.269 e. The monoisotopic (exact) mass is 666 g/mol. The van der Waals surface area contributed by atoms with E-state index in [-0.39, 0.29) is 58.0 Å². The third kappa shape index (κ3) is 6.67. The maximum atomic E-state index is 13.8. The Labute approximate surface area is 275 Å². The number of imidazole rings is 1. The molecule has 0 aromatic carbocycles. The van der Waals surface area contributed by atoms with Gasteiger partial charge >= 0.3 is 0 Å². The Balaban J connectivity index is 1.31. The number of amides is 2. The largest absolute Gasteiger partial charge is 0.496 e. The molecule has 246 valence electrons. The number of H-pyrrole nitrogens is 1. The van der Waals surface area contributed by atoms with Crippen molar-refractivity contribution < 1.29 is 18.8 Å². The lowest BCUT2D eigenvalue weighted by atomic mass is 9.93. The van der Waals surface area contributed by atoms with Gasteiger partial charge in [-0.15, -0.1) is 0 Å². The van der Waals surface area contributed by atoms with Crippen molar-refractivity contribution in [3.63, 3.8) is 0 Å². The first-order chi connectivity index (χ1) is 21.6. The molecule has 0 spiro atoms. The molecule has 3 aromatic rings. The second-order valence-electron chi connectivity index (χ2n) is 13.6. The van der Waals surface area contributed by atoms with Gasteiger partial charge in [-0.2, -0.15) is 4.98 Å². The van der Waals surface area contributed by atoms with E-state index in [0.717, 1.165) is 36.8 Å². The van der Waals surface area contributed by atoms with E-state index >= 15 is 0 Å². The first kappa shape index (κ1) is 33.5. The summed E-state index contributed by atoms with van der Waals surface area (Å²) in [6, 6.07) is 0.0487. The van der Waals surface area contributed by atoms with Crippen LogP contribution < -0.4 is 20.7 Å². The number of methoxy groups -OCH3 is 1. The van der Waals surface area contributed by atoms with Crippen molar-refractivity contribution in [2.24, 2.45) is 0 Å². The molecule has 12 nitrogen and oxygen atoms in total. The lowest BCUT2D eigenvalue weighted by Gasteiger charge is -2.41. The zero-order valence-corrected chi connectivity index (χ0v) is 29.5. The number of hydrogen-bond donors (Lipinski definition) is 3. The molecule has 1 aliphatic heterocycles. The van der Waals surface area contributed by atoms with Gasteiger partial charge < -0.3 is 25.2 Å². The molecule has 0 radical (unpaired) electrons. The minimum Gasteiger partial charge on any atom is -0.496 e. The number of nitrogen functional groups attached to an aromatic ring is 1. The molecule has 2 amide bonds. The van der Waals surface area contributed by atoms with Crippen molar-refractivity contribution >= 4 is 55.1 Å². The highest BCUT2D eigenvalue weighted by molar-refractivity contribution is 6.74. The highest BCUT2D eigenvalue weighted by atomic mass is 35.5. The topological polar surface area (TPSA) is 161 Å². The van der Waals surface area contributed by atoms with Gasteiger partial charge in [-0.1, -0.05) is 32.4 Å². The number of nitrogens with two attached hydrogens (primary N) is 1. The molecule has 14 heteroatoms. The normalized spacial score (nSPS) is 19.5. The lowest BCUT2D eigenvalue weighted by molar-refractivity contribution is -0.113. The van der Waals surface area contributed by atoms with Crippen molar-refractivity contribution in [2.75, 3.05) is 17.7 Å². The van der Waals surface area contributed by atoms with Gasteiger partial charge in [0.15, 0.2) is 14.1 Å². The van der Waals surface area contributed by atoms with Crippen LogP contribution in [0.5, 0.6) is 5.75 Å². The zero-order chi connectivity index (χ0) is 33.6. The molecule has 4 N–H and O–H groups in total. The number of fused-ring (bicyclic) bond motifs is 1. The van der Waals surface area contributed by atoms with Crippen LogP contribution >= 0.6 is 11.6 Å². The van der Waals surface area contributed by atoms with E-state index in [1.54, 1.807) is 19.4 Å². The fraction of sp³-hybridized carbons (Fsp3) is 0.500. The highest BCUT2D eigenvalue weighted by Gasteiger charge is 2.40. The first-order valence-electron chi connectivity index (χ1n) is 15.5. The third-order valence-corrected chi connectivity index (χ3v) is 14.1. The highest BCUT2D eigenvalue weighted by Crippen LogP contribution is 2.42. The van der Waals surface area contributed by atoms with Crippen LogP contribution in [0.1, 0.15) is 85.2 Å². The van der Waals surface area contributed by atoms with Crippen molar-refractivity contribution in [3.05, 3.63) is 51.4 Å².